The minimum absolute atomic E-state index is 0.140. The van der Waals surface area contributed by atoms with Gasteiger partial charge in [0.25, 0.3) is 0 Å². The molecule has 0 atom stereocenters. The molecule has 0 heterocycles. The third-order valence-electron chi connectivity index (χ3n) is 2.96. The van der Waals surface area contributed by atoms with E-state index in [2.05, 4.69) is 0 Å². The molecule has 0 aromatic heterocycles. The van der Waals surface area contributed by atoms with Crippen LogP contribution in [0.5, 0.6) is 5.75 Å². The van der Waals surface area contributed by atoms with Gasteiger partial charge < -0.3 is 19.9 Å². The van der Waals surface area contributed by atoms with Crippen LogP contribution in [0.25, 0.3) is 0 Å². The van der Waals surface area contributed by atoms with Crippen LogP contribution in [0.4, 0.5) is 5.69 Å². The van der Waals surface area contributed by atoms with Crippen molar-refractivity contribution >= 4 is 5.69 Å². The molecule has 0 radical (unpaired) electrons. The maximum absolute atomic E-state index is 5.83. The quantitative estimate of drug-likeness (QED) is 0.599. The predicted octanol–water partition coefficient (Wildman–Crippen LogP) is 2.61. The van der Waals surface area contributed by atoms with Crippen molar-refractivity contribution in [2.24, 2.45) is 0 Å². The van der Waals surface area contributed by atoms with Gasteiger partial charge in [0.2, 0.25) is 0 Å². The molecule has 4 nitrogen and oxygen atoms in total. The van der Waals surface area contributed by atoms with E-state index in [1.54, 1.807) is 14.2 Å². The molecule has 18 heavy (non-hydrogen) atoms. The molecule has 0 saturated heterocycles. The smallest absolute Gasteiger partial charge is 0.141 e. The summed E-state index contributed by atoms with van der Waals surface area (Å²) in [5.41, 5.74) is 7.37. The third-order valence-corrected chi connectivity index (χ3v) is 2.96. The van der Waals surface area contributed by atoms with Gasteiger partial charge >= 0.3 is 0 Å². The summed E-state index contributed by atoms with van der Waals surface area (Å²) in [6.45, 7) is 5.30. The molecule has 0 fully saturated rings. The summed E-state index contributed by atoms with van der Waals surface area (Å²) in [4.78, 5) is 0. The van der Waals surface area contributed by atoms with Crippen molar-refractivity contribution in [3.05, 3.63) is 23.8 Å². The summed E-state index contributed by atoms with van der Waals surface area (Å²) in [5.74, 6) is 0.694. The number of benzene rings is 1. The maximum Gasteiger partial charge on any atom is 0.141 e. The van der Waals surface area contributed by atoms with Gasteiger partial charge in [0.05, 0.1) is 25.0 Å². The molecule has 0 amide bonds. The third kappa shape index (κ3) is 4.55. The van der Waals surface area contributed by atoms with Crippen LogP contribution >= 0.6 is 0 Å². The van der Waals surface area contributed by atoms with Crippen LogP contribution in [-0.2, 0) is 16.1 Å². The van der Waals surface area contributed by atoms with Crippen LogP contribution in [0.2, 0.25) is 0 Å². The van der Waals surface area contributed by atoms with Gasteiger partial charge in [-0.3, -0.25) is 0 Å². The van der Waals surface area contributed by atoms with E-state index < -0.39 is 0 Å². The maximum atomic E-state index is 5.83. The van der Waals surface area contributed by atoms with Crippen LogP contribution in [-0.4, -0.2) is 26.4 Å². The van der Waals surface area contributed by atoms with Crippen molar-refractivity contribution in [3.8, 4) is 5.75 Å². The molecule has 1 aromatic rings. The second-order valence-electron chi connectivity index (χ2n) is 4.84. The van der Waals surface area contributed by atoms with Gasteiger partial charge in [-0.1, -0.05) is 6.07 Å². The normalized spacial score (nSPS) is 11.6. The van der Waals surface area contributed by atoms with E-state index >= 15 is 0 Å². The Bertz CT molecular complexity index is 377. The average molecular weight is 253 g/mol. The lowest BCUT2D eigenvalue weighted by Gasteiger charge is -2.22. The van der Waals surface area contributed by atoms with Crippen LogP contribution in [0.3, 0.4) is 0 Å². The first-order valence-electron chi connectivity index (χ1n) is 6.04. The van der Waals surface area contributed by atoms with Crippen molar-refractivity contribution in [3.63, 3.8) is 0 Å². The molecule has 1 rings (SSSR count). The summed E-state index contributed by atoms with van der Waals surface area (Å²) in [6.07, 6.45) is 0.856. The SMILES string of the molecule is COc1ccc(COCCC(C)(C)OC)cc1N. The Morgan fingerprint density at radius 3 is 2.50 bits per heavy atom. The predicted molar refractivity (Wildman–Crippen MR) is 72.8 cm³/mol. The van der Waals surface area contributed by atoms with Gasteiger partial charge in [-0.05, 0) is 38.0 Å². The number of nitrogens with two attached hydrogens (primary N) is 1. The summed E-state index contributed by atoms with van der Waals surface area (Å²) < 4.78 is 16.0. The molecular formula is C14H23NO3. The molecule has 0 spiro atoms. The summed E-state index contributed by atoms with van der Waals surface area (Å²) in [7, 11) is 3.32. The summed E-state index contributed by atoms with van der Waals surface area (Å²) >= 11 is 0. The summed E-state index contributed by atoms with van der Waals surface area (Å²) in [6, 6.07) is 5.68. The Labute approximate surface area is 109 Å². The molecule has 0 aliphatic rings. The molecular weight excluding hydrogens is 230 g/mol. The van der Waals surface area contributed by atoms with E-state index in [1.165, 1.54) is 0 Å². The van der Waals surface area contributed by atoms with E-state index in [-0.39, 0.29) is 5.60 Å². The first kappa shape index (κ1) is 14.8. The molecule has 2 N–H and O–H groups in total. The van der Waals surface area contributed by atoms with Gasteiger partial charge in [0.1, 0.15) is 5.75 Å². The fraction of sp³-hybridized carbons (Fsp3) is 0.571. The Kier molecular flexibility index (Phi) is 5.44. The molecule has 0 unspecified atom stereocenters. The second-order valence-corrected chi connectivity index (χ2v) is 4.84. The standard InChI is InChI=1S/C14H23NO3/c1-14(2,17-4)7-8-18-10-11-5-6-13(16-3)12(15)9-11/h5-6,9H,7-8,10,15H2,1-4H3. The second kappa shape index (κ2) is 6.61. The molecule has 4 heteroatoms. The van der Waals surface area contributed by atoms with Gasteiger partial charge in [-0.15, -0.1) is 0 Å². The minimum atomic E-state index is -0.140. The van der Waals surface area contributed by atoms with Crippen molar-refractivity contribution < 1.29 is 14.2 Å². The van der Waals surface area contributed by atoms with E-state index in [9.17, 15) is 0 Å². The highest BCUT2D eigenvalue weighted by atomic mass is 16.5. The van der Waals surface area contributed by atoms with Gasteiger partial charge in [0.15, 0.2) is 0 Å². The number of ether oxygens (including phenoxy) is 3. The molecule has 0 aliphatic carbocycles. The Hall–Kier alpha value is -1.26. The van der Waals surface area contributed by atoms with Crippen molar-refractivity contribution in [1.29, 1.82) is 0 Å². The minimum Gasteiger partial charge on any atom is -0.495 e. The Morgan fingerprint density at radius 1 is 1.22 bits per heavy atom. The number of methoxy groups -OCH3 is 2. The molecule has 0 aliphatic heterocycles. The van der Waals surface area contributed by atoms with Gasteiger partial charge in [-0.25, -0.2) is 0 Å². The lowest BCUT2D eigenvalue weighted by atomic mass is 10.1. The number of hydrogen-bond acceptors (Lipinski definition) is 4. The highest BCUT2D eigenvalue weighted by Gasteiger charge is 2.15. The highest BCUT2D eigenvalue weighted by molar-refractivity contribution is 5.54. The van der Waals surface area contributed by atoms with Crippen LogP contribution < -0.4 is 10.5 Å². The lowest BCUT2D eigenvalue weighted by Crippen LogP contribution is -2.24. The number of rotatable bonds is 7. The molecule has 0 bridgehead atoms. The van der Waals surface area contributed by atoms with Crippen molar-refractivity contribution in [2.75, 3.05) is 26.6 Å². The zero-order valence-corrected chi connectivity index (χ0v) is 11.7. The fourth-order valence-electron chi connectivity index (χ4n) is 1.48. The fourth-order valence-corrected chi connectivity index (χ4v) is 1.48. The van der Waals surface area contributed by atoms with Crippen molar-refractivity contribution in [2.45, 2.75) is 32.5 Å². The highest BCUT2D eigenvalue weighted by Crippen LogP contribution is 2.22. The van der Waals surface area contributed by atoms with E-state index in [4.69, 9.17) is 19.9 Å². The van der Waals surface area contributed by atoms with Gasteiger partial charge in [-0.2, -0.15) is 0 Å². The average Bonchev–Trinajstić information content (AvgIpc) is 2.35. The Balaban J connectivity index is 2.38. The molecule has 102 valence electrons. The molecule has 0 saturated carbocycles. The monoisotopic (exact) mass is 253 g/mol. The van der Waals surface area contributed by atoms with Crippen molar-refractivity contribution in [1.82, 2.24) is 0 Å². The first-order chi connectivity index (χ1) is 8.48. The van der Waals surface area contributed by atoms with E-state index in [0.717, 1.165) is 12.0 Å². The number of anilines is 1. The lowest BCUT2D eigenvalue weighted by molar-refractivity contribution is -0.0124. The zero-order valence-electron chi connectivity index (χ0n) is 11.7. The van der Waals surface area contributed by atoms with Gasteiger partial charge in [0, 0.05) is 13.7 Å². The number of hydrogen-bond donors (Lipinski definition) is 1. The van der Waals surface area contributed by atoms with E-state index in [0.29, 0.717) is 24.7 Å². The topological polar surface area (TPSA) is 53.7 Å². The van der Waals surface area contributed by atoms with Crippen LogP contribution in [0, 0.1) is 0 Å². The van der Waals surface area contributed by atoms with Crippen LogP contribution in [0.15, 0.2) is 18.2 Å². The zero-order chi connectivity index (χ0) is 13.6. The number of nitrogen functional groups attached to an aromatic ring is 1. The summed E-state index contributed by atoms with van der Waals surface area (Å²) in [5, 5.41) is 0. The first-order valence-corrected chi connectivity index (χ1v) is 6.04. The van der Waals surface area contributed by atoms with E-state index in [1.807, 2.05) is 32.0 Å². The largest absolute Gasteiger partial charge is 0.495 e. The molecule has 1 aromatic carbocycles. The Morgan fingerprint density at radius 2 is 1.94 bits per heavy atom. The van der Waals surface area contributed by atoms with Crippen LogP contribution in [0.1, 0.15) is 25.8 Å².